The summed E-state index contributed by atoms with van der Waals surface area (Å²) in [4.78, 5) is 3.97. The van der Waals surface area contributed by atoms with E-state index in [1.54, 1.807) is 18.5 Å². The van der Waals surface area contributed by atoms with Crippen LogP contribution < -0.4 is 10.5 Å². The summed E-state index contributed by atoms with van der Waals surface area (Å²) in [5.41, 5.74) is 6.23. The normalized spacial score (nSPS) is 18.0. The van der Waals surface area contributed by atoms with Crippen LogP contribution in [-0.2, 0) is 4.74 Å². The Bertz CT molecular complexity index is 298. The number of nitrogen functional groups attached to an aromatic ring is 1. The molecular formula is C10H14N2O2. The third kappa shape index (κ3) is 2.35. The van der Waals surface area contributed by atoms with Crippen LogP contribution in [0, 0.1) is 0 Å². The molecule has 1 fully saturated rings. The summed E-state index contributed by atoms with van der Waals surface area (Å²) in [6.45, 7) is 1.56. The van der Waals surface area contributed by atoms with E-state index in [1.165, 1.54) is 0 Å². The van der Waals surface area contributed by atoms with Crippen LogP contribution in [0.4, 0.5) is 5.69 Å². The molecular weight excluding hydrogens is 180 g/mol. The summed E-state index contributed by atoms with van der Waals surface area (Å²) in [6.07, 6.45) is 5.42. The maximum Gasteiger partial charge on any atom is 0.140 e. The van der Waals surface area contributed by atoms with Crippen molar-refractivity contribution in [3.8, 4) is 5.75 Å². The van der Waals surface area contributed by atoms with Crippen molar-refractivity contribution in [1.29, 1.82) is 0 Å². The molecule has 4 nitrogen and oxygen atoms in total. The first-order chi connectivity index (χ1) is 6.84. The SMILES string of the molecule is Nc1cncc(OC2CCOCC2)c1. The van der Waals surface area contributed by atoms with Gasteiger partial charge in [0, 0.05) is 18.9 Å². The maximum atomic E-state index is 5.71. The highest BCUT2D eigenvalue weighted by Gasteiger charge is 2.15. The number of pyridine rings is 1. The summed E-state index contributed by atoms with van der Waals surface area (Å²) in [5.74, 6) is 0.747. The predicted octanol–water partition coefficient (Wildman–Crippen LogP) is 1.22. The number of nitrogens with two attached hydrogens (primary N) is 1. The second-order valence-corrected chi connectivity index (χ2v) is 3.38. The van der Waals surface area contributed by atoms with Crippen molar-refractivity contribution < 1.29 is 9.47 Å². The Labute approximate surface area is 83.0 Å². The first-order valence-electron chi connectivity index (χ1n) is 4.79. The first kappa shape index (κ1) is 9.27. The lowest BCUT2D eigenvalue weighted by molar-refractivity contribution is 0.0254. The molecule has 0 radical (unpaired) electrons. The molecule has 1 aliphatic rings. The molecule has 1 aliphatic heterocycles. The van der Waals surface area contributed by atoms with Gasteiger partial charge in [-0.05, 0) is 0 Å². The summed E-state index contributed by atoms with van der Waals surface area (Å²) < 4.78 is 11.0. The maximum absolute atomic E-state index is 5.71. The minimum atomic E-state index is 0.243. The Kier molecular flexibility index (Phi) is 2.84. The molecule has 0 aliphatic carbocycles. The molecule has 0 amide bonds. The van der Waals surface area contributed by atoms with Crippen molar-refractivity contribution in [3.63, 3.8) is 0 Å². The largest absolute Gasteiger partial charge is 0.489 e. The van der Waals surface area contributed by atoms with Gasteiger partial charge in [-0.1, -0.05) is 0 Å². The second kappa shape index (κ2) is 4.28. The fraction of sp³-hybridized carbons (Fsp3) is 0.500. The van der Waals surface area contributed by atoms with Gasteiger partial charge in [-0.25, -0.2) is 0 Å². The lowest BCUT2D eigenvalue weighted by Crippen LogP contribution is -2.25. The Morgan fingerprint density at radius 3 is 2.86 bits per heavy atom. The average Bonchev–Trinajstić information content (AvgIpc) is 2.19. The molecule has 76 valence electrons. The number of anilines is 1. The van der Waals surface area contributed by atoms with Gasteiger partial charge in [0.15, 0.2) is 0 Å². The van der Waals surface area contributed by atoms with E-state index in [0.29, 0.717) is 5.69 Å². The Hall–Kier alpha value is -1.29. The number of nitrogens with zero attached hydrogens (tertiary/aromatic N) is 1. The van der Waals surface area contributed by atoms with E-state index in [9.17, 15) is 0 Å². The molecule has 2 N–H and O–H groups in total. The van der Waals surface area contributed by atoms with Crippen molar-refractivity contribution in [3.05, 3.63) is 18.5 Å². The number of hydrogen-bond donors (Lipinski definition) is 1. The molecule has 2 heterocycles. The molecule has 1 saturated heterocycles. The molecule has 14 heavy (non-hydrogen) atoms. The van der Waals surface area contributed by atoms with Crippen molar-refractivity contribution >= 4 is 5.69 Å². The summed E-state index contributed by atoms with van der Waals surface area (Å²) in [7, 11) is 0. The van der Waals surface area contributed by atoms with E-state index in [0.717, 1.165) is 31.8 Å². The van der Waals surface area contributed by atoms with Crippen molar-refractivity contribution in [2.24, 2.45) is 0 Å². The molecule has 1 aromatic heterocycles. The number of hydrogen-bond acceptors (Lipinski definition) is 4. The van der Waals surface area contributed by atoms with Gasteiger partial charge in [0.05, 0.1) is 31.3 Å². The molecule has 0 aromatic carbocycles. The lowest BCUT2D eigenvalue weighted by atomic mass is 10.1. The lowest BCUT2D eigenvalue weighted by Gasteiger charge is -2.23. The zero-order valence-electron chi connectivity index (χ0n) is 7.98. The van der Waals surface area contributed by atoms with Gasteiger partial charge in [-0.15, -0.1) is 0 Å². The van der Waals surface area contributed by atoms with E-state index in [-0.39, 0.29) is 6.10 Å². The van der Waals surface area contributed by atoms with Crippen LogP contribution in [-0.4, -0.2) is 24.3 Å². The Morgan fingerprint density at radius 1 is 1.36 bits per heavy atom. The molecule has 0 bridgehead atoms. The Morgan fingerprint density at radius 2 is 2.14 bits per heavy atom. The van der Waals surface area contributed by atoms with Crippen LogP contribution in [0.3, 0.4) is 0 Å². The van der Waals surface area contributed by atoms with Crippen LogP contribution >= 0.6 is 0 Å². The predicted molar refractivity (Wildman–Crippen MR) is 53.1 cm³/mol. The molecule has 0 atom stereocenters. The van der Waals surface area contributed by atoms with Crippen molar-refractivity contribution in [2.45, 2.75) is 18.9 Å². The van der Waals surface area contributed by atoms with Crippen LogP contribution in [0.5, 0.6) is 5.75 Å². The highest BCUT2D eigenvalue weighted by Crippen LogP contribution is 2.18. The number of rotatable bonds is 2. The Balaban J connectivity index is 1.95. The van der Waals surface area contributed by atoms with E-state index >= 15 is 0 Å². The van der Waals surface area contributed by atoms with Gasteiger partial charge in [0.25, 0.3) is 0 Å². The summed E-state index contributed by atoms with van der Waals surface area (Å²) in [6, 6.07) is 1.79. The highest BCUT2D eigenvalue weighted by molar-refractivity contribution is 5.39. The minimum Gasteiger partial charge on any atom is -0.489 e. The van der Waals surface area contributed by atoms with Gasteiger partial charge >= 0.3 is 0 Å². The van der Waals surface area contributed by atoms with Gasteiger partial charge in [-0.3, -0.25) is 4.98 Å². The molecule has 0 spiro atoms. The topological polar surface area (TPSA) is 57.4 Å². The van der Waals surface area contributed by atoms with E-state index in [2.05, 4.69) is 4.98 Å². The highest BCUT2D eigenvalue weighted by atomic mass is 16.5. The van der Waals surface area contributed by atoms with Gasteiger partial charge in [0.2, 0.25) is 0 Å². The van der Waals surface area contributed by atoms with Crippen LogP contribution in [0.2, 0.25) is 0 Å². The number of aromatic nitrogens is 1. The van der Waals surface area contributed by atoms with Crippen molar-refractivity contribution in [2.75, 3.05) is 18.9 Å². The standard InChI is InChI=1S/C10H14N2O2/c11-8-5-10(7-12-6-8)14-9-1-3-13-4-2-9/h5-7,9H,1-4,11H2. The third-order valence-electron chi connectivity index (χ3n) is 2.21. The molecule has 4 heteroatoms. The zero-order chi connectivity index (χ0) is 9.80. The fourth-order valence-electron chi connectivity index (χ4n) is 1.49. The van der Waals surface area contributed by atoms with Gasteiger partial charge < -0.3 is 15.2 Å². The van der Waals surface area contributed by atoms with Gasteiger partial charge in [0.1, 0.15) is 11.9 Å². The average molecular weight is 194 g/mol. The molecule has 0 unspecified atom stereocenters. The minimum absolute atomic E-state index is 0.243. The summed E-state index contributed by atoms with van der Waals surface area (Å²) in [5, 5.41) is 0. The fourth-order valence-corrected chi connectivity index (χ4v) is 1.49. The van der Waals surface area contributed by atoms with E-state index in [4.69, 9.17) is 15.2 Å². The molecule has 2 rings (SSSR count). The zero-order valence-corrected chi connectivity index (χ0v) is 7.98. The van der Waals surface area contributed by atoms with Crippen LogP contribution in [0.25, 0.3) is 0 Å². The number of ether oxygens (including phenoxy) is 2. The van der Waals surface area contributed by atoms with Crippen LogP contribution in [0.15, 0.2) is 18.5 Å². The van der Waals surface area contributed by atoms with Crippen LogP contribution in [0.1, 0.15) is 12.8 Å². The molecule has 1 aromatic rings. The monoisotopic (exact) mass is 194 g/mol. The van der Waals surface area contributed by atoms with Crippen molar-refractivity contribution in [1.82, 2.24) is 4.98 Å². The van der Waals surface area contributed by atoms with Gasteiger partial charge in [-0.2, -0.15) is 0 Å². The van der Waals surface area contributed by atoms with E-state index in [1.807, 2.05) is 0 Å². The smallest absolute Gasteiger partial charge is 0.140 e. The molecule has 0 saturated carbocycles. The van der Waals surface area contributed by atoms with E-state index < -0.39 is 0 Å². The summed E-state index contributed by atoms with van der Waals surface area (Å²) >= 11 is 0. The second-order valence-electron chi connectivity index (χ2n) is 3.38. The third-order valence-corrected chi connectivity index (χ3v) is 2.21. The quantitative estimate of drug-likeness (QED) is 0.769. The first-order valence-corrected chi connectivity index (χ1v) is 4.79.